The number of nitrogens with two attached hydrogens (primary N) is 1. The number of rotatable bonds is 2. The zero-order chi connectivity index (χ0) is 10.1. The Kier molecular flexibility index (Phi) is 2.13. The highest BCUT2D eigenvalue weighted by atomic mass is 16.3. The summed E-state index contributed by atoms with van der Waals surface area (Å²) >= 11 is 0. The van der Waals surface area contributed by atoms with E-state index in [1.54, 1.807) is 12.1 Å². The van der Waals surface area contributed by atoms with Gasteiger partial charge in [-0.15, -0.1) is 0 Å². The molecule has 4 heteroatoms. The molecular formula is C10H12N2O2. The third-order valence-corrected chi connectivity index (χ3v) is 2.47. The van der Waals surface area contributed by atoms with Crippen molar-refractivity contribution in [1.29, 1.82) is 0 Å². The SMILES string of the molecule is NC(=O)c1cccc2c1C[C@@H](CO)N2. The van der Waals surface area contributed by atoms with Crippen molar-refractivity contribution in [1.82, 2.24) is 0 Å². The number of benzene rings is 1. The van der Waals surface area contributed by atoms with Gasteiger partial charge in [-0.25, -0.2) is 0 Å². The van der Waals surface area contributed by atoms with Crippen molar-refractivity contribution < 1.29 is 9.90 Å². The number of primary amides is 1. The van der Waals surface area contributed by atoms with Gasteiger partial charge in [0.25, 0.3) is 0 Å². The Morgan fingerprint density at radius 1 is 1.64 bits per heavy atom. The Labute approximate surface area is 81.7 Å². The van der Waals surface area contributed by atoms with Gasteiger partial charge >= 0.3 is 0 Å². The van der Waals surface area contributed by atoms with Crippen LogP contribution >= 0.6 is 0 Å². The van der Waals surface area contributed by atoms with E-state index in [4.69, 9.17) is 10.8 Å². The topological polar surface area (TPSA) is 75.4 Å². The molecule has 4 N–H and O–H groups in total. The van der Waals surface area contributed by atoms with Crippen LogP contribution in [0.2, 0.25) is 0 Å². The standard InChI is InChI=1S/C10H12N2O2/c11-10(14)7-2-1-3-9-8(7)4-6(5-13)12-9/h1-3,6,12-13H,4-5H2,(H2,11,14)/t6-/m0/s1. The van der Waals surface area contributed by atoms with E-state index in [-0.39, 0.29) is 12.6 Å². The first-order chi connectivity index (χ1) is 6.72. The lowest BCUT2D eigenvalue weighted by Crippen LogP contribution is -2.20. The number of carbonyl (C=O) groups is 1. The predicted octanol–water partition coefficient (Wildman–Crippen LogP) is 0.114. The number of hydrogen-bond acceptors (Lipinski definition) is 3. The first kappa shape index (κ1) is 9.02. The fourth-order valence-corrected chi connectivity index (χ4v) is 1.80. The van der Waals surface area contributed by atoms with Crippen LogP contribution in [0.1, 0.15) is 15.9 Å². The zero-order valence-corrected chi connectivity index (χ0v) is 7.66. The van der Waals surface area contributed by atoms with Crippen LogP contribution in [0.5, 0.6) is 0 Å². The predicted molar refractivity (Wildman–Crippen MR) is 53.2 cm³/mol. The number of fused-ring (bicyclic) bond motifs is 1. The van der Waals surface area contributed by atoms with Gasteiger partial charge < -0.3 is 16.2 Å². The molecule has 14 heavy (non-hydrogen) atoms. The molecule has 0 spiro atoms. The molecule has 1 aromatic carbocycles. The summed E-state index contributed by atoms with van der Waals surface area (Å²) in [7, 11) is 0. The number of carbonyl (C=O) groups excluding carboxylic acids is 1. The van der Waals surface area contributed by atoms with Crippen LogP contribution in [0.4, 0.5) is 5.69 Å². The minimum Gasteiger partial charge on any atom is -0.394 e. The fraction of sp³-hybridized carbons (Fsp3) is 0.300. The molecule has 1 amide bonds. The van der Waals surface area contributed by atoms with Gasteiger partial charge in [0.05, 0.1) is 12.6 Å². The average molecular weight is 192 g/mol. The lowest BCUT2D eigenvalue weighted by atomic mass is 10.0. The van der Waals surface area contributed by atoms with E-state index < -0.39 is 5.91 Å². The molecule has 1 heterocycles. The maximum absolute atomic E-state index is 11.1. The molecule has 0 saturated heterocycles. The van der Waals surface area contributed by atoms with Crippen molar-refractivity contribution >= 4 is 11.6 Å². The molecule has 1 aliphatic heterocycles. The van der Waals surface area contributed by atoms with E-state index in [0.717, 1.165) is 11.3 Å². The van der Waals surface area contributed by atoms with Gasteiger partial charge in [0.15, 0.2) is 0 Å². The van der Waals surface area contributed by atoms with Gasteiger partial charge in [-0.1, -0.05) is 6.07 Å². The number of anilines is 1. The fourth-order valence-electron chi connectivity index (χ4n) is 1.80. The Bertz CT molecular complexity index is 376. The Morgan fingerprint density at radius 3 is 3.07 bits per heavy atom. The van der Waals surface area contributed by atoms with Crippen LogP contribution in [-0.4, -0.2) is 23.7 Å². The summed E-state index contributed by atoms with van der Waals surface area (Å²) in [6.45, 7) is 0.0624. The maximum Gasteiger partial charge on any atom is 0.249 e. The Hall–Kier alpha value is -1.55. The molecule has 0 radical (unpaired) electrons. The quantitative estimate of drug-likeness (QED) is 0.622. The van der Waals surface area contributed by atoms with Gasteiger partial charge in [0, 0.05) is 11.3 Å². The van der Waals surface area contributed by atoms with Crippen molar-refractivity contribution in [3.05, 3.63) is 29.3 Å². The van der Waals surface area contributed by atoms with Gasteiger partial charge in [0.2, 0.25) is 5.91 Å². The summed E-state index contributed by atoms with van der Waals surface area (Å²) in [6, 6.07) is 5.39. The Morgan fingerprint density at radius 2 is 2.43 bits per heavy atom. The van der Waals surface area contributed by atoms with Gasteiger partial charge in [-0.3, -0.25) is 4.79 Å². The molecule has 4 nitrogen and oxygen atoms in total. The van der Waals surface area contributed by atoms with E-state index >= 15 is 0 Å². The summed E-state index contributed by atoms with van der Waals surface area (Å²) in [5, 5.41) is 12.1. The van der Waals surface area contributed by atoms with Crippen molar-refractivity contribution in [2.24, 2.45) is 5.73 Å². The number of hydrogen-bond donors (Lipinski definition) is 3. The lowest BCUT2D eigenvalue weighted by molar-refractivity contribution is 0.0999. The minimum atomic E-state index is -0.415. The van der Waals surface area contributed by atoms with Crippen LogP contribution in [0.3, 0.4) is 0 Å². The lowest BCUT2D eigenvalue weighted by Gasteiger charge is -2.04. The second-order valence-corrected chi connectivity index (χ2v) is 3.42. The largest absolute Gasteiger partial charge is 0.394 e. The highest BCUT2D eigenvalue weighted by molar-refractivity contribution is 5.96. The molecule has 0 aromatic heterocycles. The second kappa shape index (κ2) is 3.31. The summed E-state index contributed by atoms with van der Waals surface area (Å²) < 4.78 is 0. The normalized spacial score (nSPS) is 18.8. The highest BCUT2D eigenvalue weighted by Crippen LogP contribution is 2.28. The molecule has 0 aliphatic carbocycles. The van der Waals surface area contributed by atoms with Gasteiger partial charge in [-0.2, -0.15) is 0 Å². The van der Waals surface area contributed by atoms with E-state index in [2.05, 4.69) is 5.32 Å². The van der Waals surface area contributed by atoms with E-state index in [9.17, 15) is 4.79 Å². The third kappa shape index (κ3) is 1.33. The van der Waals surface area contributed by atoms with Crippen LogP contribution in [0.25, 0.3) is 0 Å². The van der Waals surface area contributed by atoms with Crippen molar-refractivity contribution in [3.63, 3.8) is 0 Å². The molecule has 0 unspecified atom stereocenters. The van der Waals surface area contributed by atoms with E-state index in [1.807, 2.05) is 6.07 Å². The van der Waals surface area contributed by atoms with Crippen LogP contribution in [-0.2, 0) is 6.42 Å². The van der Waals surface area contributed by atoms with E-state index in [1.165, 1.54) is 0 Å². The minimum absolute atomic E-state index is 0.00509. The molecule has 1 aromatic rings. The monoisotopic (exact) mass is 192 g/mol. The molecular weight excluding hydrogens is 180 g/mol. The van der Waals surface area contributed by atoms with Gasteiger partial charge in [0.1, 0.15) is 0 Å². The maximum atomic E-state index is 11.1. The number of aliphatic hydroxyl groups excluding tert-OH is 1. The van der Waals surface area contributed by atoms with Crippen LogP contribution in [0.15, 0.2) is 18.2 Å². The molecule has 1 atom stereocenters. The van der Waals surface area contributed by atoms with Crippen LogP contribution in [0, 0.1) is 0 Å². The first-order valence-corrected chi connectivity index (χ1v) is 4.51. The van der Waals surface area contributed by atoms with Gasteiger partial charge in [-0.05, 0) is 24.1 Å². The summed E-state index contributed by atoms with van der Waals surface area (Å²) in [4.78, 5) is 11.1. The van der Waals surface area contributed by atoms with Crippen molar-refractivity contribution in [2.45, 2.75) is 12.5 Å². The number of nitrogens with one attached hydrogen (secondary N) is 1. The number of amides is 1. The smallest absolute Gasteiger partial charge is 0.249 e. The molecule has 0 fully saturated rings. The second-order valence-electron chi connectivity index (χ2n) is 3.42. The van der Waals surface area contributed by atoms with Crippen molar-refractivity contribution in [3.8, 4) is 0 Å². The molecule has 1 aliphatic rings. The summed E-state index contributed by atoms with van der Waals surface area (Å²) in [5.41, 5.74) is 7.61. The molecule has 0 saturated carbocycles. The highest BCUT2D eigenvalue weighted by Gasteiger charge is 2.23. The average Bonchev–Trinajstić information content (AvgIpc) is 2.59. The summed E-state index contributed by atoms with van der Waals surface area (Å²) in [5.74, 6) is -0.415. The number of aliphatic hydroxyl groups is 1. The molecule has 0 bridgehead atoms. The summed E-state index contributed by atoms with van der Waals surface area (Å²) in [6.07, 6.45) is 0.658. The first-order valence-electron chi connectivity index (χ1n) is 4.51. The van der Waals surface area contributed by atoms with E-state index in [0.29, 0.717) is 12.0 Å². The Balaban J connectivity index is 2.41. The molecule has 74 valence electrons. The zero-order valence-electron chi connectivity index (χ0n) is 7.66. The van der Waals surface area contributed by atoms with Crippen molar-refractivity contribution in [2.75, 3.05) is 11.9 Å². The van der Waals surface area contributed by atoms with Crippen LogP contribution < -0.4 is 11.1 Å². The third-order valence-electron chi connectivity index (χ3n) is 2.47. The molecule has 2 rings (SSSR count).